The average Bonchev–Trinajstić information content (AvgIpc) is 3.18. The van der Waals surface area contributed by atoms with Crippen molar-refractivity contribution < 1.29 is 26.8 Å². The van der Waals surface area contributed by atoms with Crippen molar-refractivity contribution in [3.05, 3.63) is 57.7 Å². The lowest BCUT2D eigenvalue weighted by Crippen LogP contribution is -2.45. The molecule has 4 unspecified atom stereocenters. The molecule has 4 heterocycles. The topological polar surface area (TPSA) is 53.5 Å². The van der Waals surface area contributed by atoms with Gasteiger partial charge in [-0.25, -0.2) is 0 Å². The molecule has 4 atom stereocenters. The molecule has 1 spiro atoms. The van der Waals surface area contributed by atoms with Crippen LogP contribution in [0.2, 0.25) is 0 Å². The zero-order valence-electron chi connectivity index (χ0n) is 26.1. The molecule has 0 bridgehead atoms. The first-order valence-electron chi connectivity index (χ1n) is 14.7. The highest BCUT2D eigenvalue weighted by Gasteiger charge is 2.56. The summed E-state index contributed by atoms with van der Waals surface area (Å²) in [5, 5.41) is 0. The van der Waals surface area contributed by atoms with Crippen molar-refractivity contribution >= 4 is 32.9 Å². The highest BCUT2D eigenvalue weighted by Crippen LogP contribution is 2.63. The minimum Gasteiger partial charge on any atom is -0.380 e. The zero-order valence-corrected chi connectivity index (χ0v) is 29.1. The predicted octanol–water partition coefficient (Wildman–Crippen LogP) is 8.97. The van der Waals surface area contributed by atoms with Gasteiger partial charge in [-0.15, -0.1) is 10.3 Å². The first kappa shape index (κ1) is 32.4. The second-order valence-corrected chi connectivity index (χ2v) is 19.8. The summed E-state index contributed by atoms with van der Waals surface area (Å²) in [7, 11) is -1.49. The highest BCUT2D eigenvalue weighted by molar-refractivity contribution is 14.1. The van der Waals surface area contributed by atoms with E-state index in [1.54, 1.807) is 0 Å². The van der Waals surface area contributed by atoms with Crippen LogP contribution >= 0.6 is 32.9 Å². The van der Waals surface area contributed by atoms with Gasteiger partial charge in [-0.1, -0.05) is 77.1 Å². The van der Waals surface area contributed by atoms with Crippen LogP contribution in [0.5, 0.6) is 0 Å². The molecule has 2 aliphatic heterocycles. The maximum atomic E-state index is 13.4. The maximum Gasteiger partial charge on any atom is 0.433 e. The number of hydrogen-bond acceptors (Lipinski definition) is 5. The van der Waals surface area contributed by atoms with Crippen LogP contribution < -0.4 is 0 Å². The van der Waals surface area contributed by atoms with Crippen molar-refractivity contribution in [3.8, 4) is 0 Å². The van der Waals surface area contributed by atoms with E-state index in [0.717, 1.165) is 47.0 Å². The van der Waals surface area contributed by atoms with Crippen LogP contribution in [0.3, 0.4) is 0 Å². The van der Waals surface area contributed by atoms with E-state index in [-0.39, 0.29) is 26.1 Å². The Bertz CT molecular complexity index is 1340. The van der Waals surface area contributed by atoms with Gasteiger partial charge in [-0.05, 0) is 42.8 Å². The molecule has 0 aromatic carbocycles. The Kier molecular flexibility index (Phi) is 8.38. The number of aromatic nitrogens is 2. The van der Waals surface area contributed by atoms with Gasteiger partial charge in [0.25, 0.3) is 0 Å². The van der Waals surface area contributed by atoms with Gasteiger partial charge >= 0.3 is 6.18 Å². The lowest BCUT2D eigenvalue weighted by Gasteiger charge is -2.49. The molecule has 0 saturated carbocycles. The minimum atomic E-state index is -4.51. The number of pyridine rings is 2. The first-order chi connectivity index (χ1) is 19.3. The molecule has 1 saturated heterocycles. The van der Waals surface area contributed by atoms with E-state index in [1.807, 2.05) is 0 Å². The van der Waals surface area contributed by atoms with Crippen LogP contribution in [0.15, 0.2) is 18.3 Å². The van der Waals surface area contributed by atoms with E-state index in [0.29, 0.717) is 25.2 Å². The molecule has 5 nitrogen and oxygen atoms in total. The van der Waals surface area contributed by atoms with Crippen LogP contribution in [-0.2, 0) is 31.9 Å². The predicted molar refractivity (Wildman–Crippen MR) is 171 cm³/mol. The Morgan fingerprint density at radius 1 is 1.12 bits per heavy atom. The van der Waals surface area contributed by atoms with Crippen molar-refractivity contribution in [2.24, 2.45) is 5.41 Å². The first-order valence-corrected chi connectivity index (χ1v) is 18.3. The van der Waals surface area contributed by atoms with Gasteiger partial charge in [0.15, 0.2) is 0 Å². The number of nitrogens with zero attached hydrogens (tertiary/aromatic N) is 2. The van der Waals surface area contributed by atoms with E-state index in [4.69, 9.17) is 18.6 Å². The fourth-order valence-electron chi connectivity index (χ4n) is 6.38. The van der Waals surface area contributed by atoms with Crippen LogP contribution in [0.25, 0.3) is 0 Å². The lowest BCUT2D eigenvalue weighted by atomic mass is 9.70. The summed E-state index contributed by atoms with van der Waals surface area (Å²) < 4.78 is 60.5. The molecule has 3 aliphatic rings. The van der Waals surface area contributed by atoms with Gasteiger partial charge in [0.1, 0.15) is 17.4 Å². The SMILES string of the molecule is CC(C)c1nc2c(c3c1C(c1ccc(C(F)(F)F)nc1)OC31CCOCC1I)C(OS(C)(C)C(C)(C)C)CC(C)(C)C2. The Hall–Kier alpha value is -0.950. The summed E-state index contributed by atoms with van der Waals surface area (Å²) in [6, 6.07) is 2.57. The number of halogens is 4. The molecule has 2 aromatic rings. The maximum absolute atomic E-state index is 13.4. The molecular weight excluding hydrogens is 676 g/mol. The van der Waals surface area contributed by atoms with E-state index >= 15 is 0 Å². The molecular formula is C32H44F3IN2O3S. The Balaban J connectivity index is 1.79. The molecule has 0 amide bonds. The van der Waals surface area contributed by atoms with E-state index < -0.39 is 33.9 Å². The normalized spacial score (nSPS) is 28.2. The van der Waals surface area contributed by atoms with Crippen molar-refractivity contribution in [3.63, 3.8) is 0 Å². The number of hydrogen-bond donors (Lipinski definition) is 0. The molecule has 234 valence electrons. The largest absolute Gasteiger partial charge is 0.433 e. The minimum absolute atomic E-state index is 0.0000739. The van der Waals surface area contributed by atoms with Gasteiger partial charge in [0.2, 0.25) is 0 Å². The second-order valence-electron chi connectivity index (χ2n) is 14.4. The van der Waals surface area contributed by atoms with Crippen LogP contribution in [0.4, 0.5) is 13.2 Å². The summed E-state index contributed by atoms with van der Waals surface area (Å²) in [5.74, 6) is 0.0845. The Morgan fingerprint density at radius 3 is 2.36 bits per heavy atom. The fourth-order valence-corrected chi connectivity index (χ4v) is 8.44. The average molecular weight is 721 g/mol. The van der Waals surface area contributed by atoms with Gasteiger partial charge in [-0.2, -0.15) is 13.2 Å². The molecule has 0 N–H and O–H groups in total. The summed E-state index contributed by atoms with van der Waals surface area (Å²) in [6.07, 6.45) is 2.87. The molecule has 0 radical (unpaired) electrons. The Labute approximate surface area is 263 Å². The number of alkyl halides is 4. The second kappa shape index (κ2) is 10.8. The van der Waals surface area contributed by atoms with Gasteiger partial charge < -0.3 is 13.7 Å². The summed E-state index contributed by atoms with van der Waals surface area (Å²) in [4.78, 5) is 9.19. The molecule has 1 aliphatic carbocycles. The standard InChI is InChI=1S/C32H44F3IN2O3S/c1-18(2)27-25-26(24-20(38-27)14-30(6,7)15-21(24)41-42(8,9)29(3,4)5)31(12-13-39-17-22(31)36)40-28(25)19-10-11-23(37-16-19)32(33,34)35/h10-11,16,18,21-22,28H,12-15,17H2,1-9H3. The molecule has 10 heteroatoms. The quantitative estimate of drug-likeness (QED) is 0.233. The Morgan fingerprint density at radius 2 is 1.81 bits per heavy atom. The molecule has 1 fully saturated rings. The van der Waals surface area contributed by atoms with E-state index in [9.17, 15) is 13.2 Å². The number of fused-ring (bicyclic) bond motifs is 4. The van der Waals surface area contributed by atoms with Crippen LogP contribution in [0.1, 0.15) is 119 Å². The monoisotopic (exact) mass is 720 g/mol. The highest BCUT2D eigenvalue weighted by atomic mass is 127. The molecule has 2 aromatic heterocycles. The van der Waals surface area contributed by atoms with Crippen molar-refractivity contribution in [2.75, 3.05) is 25.7 Å². The summed E-state index contributed by atoms with van der Waals surface area (Å²) in [6.45, 7) is 16.6. The van der Waals surface area contributed by atoms with E-state index in [2.05, 4.69) is 88.6 Å². The fraction of sp³-hybridized carbons (Fsp3) is 0.688. The van der Waals surface area contributed by atoms with Gasteiger partial charge in [-0.3, -0.25) is 9.97 Å². The van der Waals surface area contributed by atoms with Gasteiger partial charge in [0, 0.05) is 57.6 Å². The third kappa shape index (κ3) is 5.65. The lowest BCUT2D eigenvalue weighted by molar-refractivity contribution is -0.141. The van der Waals surface area contributed by atoms with Crippen LogP contribution in [0, 0.1) is 5.41 Å². The molecule has 5 rings (SSSR count). The third-order valence-electron chi connectivity index (χ3n) is 9.25. The smallest absolute Gasteiger partial charge is 0.380 e. The third-order valence-corrected chi connectivity index (χ3v) is 14.3. The zero-order chi connectivity index (χ0) is 31.0. The van der Waals surface area contributed by atoms with Crippen LogP contribution in [-0.4, -0.2) is 44.4 Å². The van der Waals surface area contributed by atoms with E-state index in [1.165, 1.54) is 12.3 Å². The van der Waals surface area contributed by atoms with Crippen molar-refractivity contribution in [2.45, 2.75) is 106 Å². The summed E-state index contributed by atoms with van der Waals surface area (Å²) in [5.41, 5.74) is 4.25. The van der Waals surface area contributed by atoms with Crippen molar-refractivity contribution in [1.29, 1.82) is 0 Å². The summed E-state index contributed by atoms with van der Waals surface area (Å²) >= 11 is 2.44. The van der Waals surface area contributed by atoms with Crippen molar-refractivity contribution in [1.82, 2.24) is 9.97 Å². The molecule has 42 heavy (non-hydrogen) atoms. The number of ether oxygens (including phenoxy) is 2. The number of rotatable bonds is 4. The van der Waals surface area contributed by atoms with Gasteiger partial charge in [0.05, 0.1) is 16.6 Å².